The molecule has 1 fully saturated rings. The highest BCUT2D eigenvalue weighted by atomic mass is 16.5. The number of nitrogens with two attached hydrogens (primary N) is 1. The minimum absolute atomic E-state index is 0.158. The second kappa shape index (κ2) is 7.28. The minimum Gasteiger partial charge on any atom is -0.496 e. The third kappa shape index (κ3) is 3.78. The van der Waals surface area contributed by atoms with Gasteiger partial charge in [-0.15, -0.1) is 0 Å². The van der Waals surface area contributed by atoms with Crippen LogP contribution < -0.4 is 10.5 Å². The zero-order valence-electron chi connectivity index (χ0n) is 13.8. The van der Waals surface area contributed by atoms with Crippen LogP contribution in [-0.4, -0.2) is 31.1 Å². The molecule has 118 valence electrons. The van der Waals surface area contributed by atoms with Crippen LogP contribution in [0.1, 0.15) is 49.7 Å². The van der Waals surface area contributed by atoms with Crippen molar-refractivity contribution in [2.75, 3.05) is 20.7 Å². The molecule has 1 aromatic carbocycles. The molecule has 2 N–H and O–H groups in total. The lowest BCUT2D eigenvalue weighted by Gasteiger charge is -2.41. The Morgan fingerprint density at radius 1 is 1.19 bits per heavy atom. The number of likely N-dealkylation sites (N-methyl/N-ethyl adjacent to an activating group) is 1. The Morgan fingerprint density at radius 2 is 1.86 bits per heavy atom. The van der Waals surface area contributed by atoms with Gasteiger partial charge in [-0.05, 0) is 32.9 Å². The first kappa shape index (κ1) is 16.3. The van der Waals surface area contributed by atoms with Crippen LogP contribution in [0.25, 0.3) is 0 Å². The molecule has 0 atom stereocenters. The van der Waals surface area contributed by atoms with Gasteiger partial charge >= 0.3 is 0 Å². The van der Waals surface area contributed by atoms with Crippen molar-refractivity contribution >= 4 is 0 Å². The summed E-state index contributed by atoms with van der Waals surface area (Å²) in [5.74, 6) is 0.980. The lowest BCUT2D eigenvalue weighted by Crippen LogP contribution is -2.51. The Hall–Kier alpha value is -1.06. The van der Waals surface area contributed by atoms with Crippen molar-refractivity contribution in [1.29, 1.82) is 0 Å². The Bertz CT molecular complexity index is 451. The second-order valence-electron chi connectivity index (χ2n) is 6.51. The molecule has 0 spiro atoms. The summed E-state index contributed by atoms with van der Waals surface area (Å²) in [6.45, 7) is 3.78. The van der Waals surface area contributed by atoms with E-state index in [1.54, 1.807) is 7.11 Å². The van der Waals surface area contributed by atoms with Crippen molar-refractivity contribution in [3.8, 4) is 5.75 Å². The zero-order chi connectivity index (χ0) is 15.3. The van der Waals surface area contributed by atoms with E-state index < -0.39 is 0 Å². The summed E-state index contributed by atoms with van der Waals surface area (Å²) in [5.41, 5.74) is 8.89. The van der Waals surface area contributed by atoms with Crippen LogP contribution in [0.2, 0.25) is 0 Å². The Labute approximate surface area is 129 Å². The van der Waals surface area contributed by atoms with Crippen LogP contribution in [0.15, 0.2) is 18.2 Å². The molecular weight excluding hydrogens is 260 g/mol. The van der Waals surface area contributed by atoms with Crippen molar-refractivity contribution < 1.29 is 4.74 Å². The Balaban J connectivity index is 2.18. The topological polar surface area (TPSA) is 38.5 Å². The fraction of sp³-hybridized carbons (Fsp3) is 0.667. The van der Waals surface area contributed by atoms with Crippen LogP contribution in [0.3, 0.4) is 0 Å². The average molecular weight is 290 g/mol. The molecule has 0 bridgehead atoms. The smallest absolute Gasteiger partial charge is 0.123 e. The molecule has 3 heteroatoms. The molecule has 0 saturated heterocycles. The SMILES string of the molecule is COc1ccc(C)cc1CN(C)C1(CN)CCCCCC1. The maximum atomic E-state index is 6.19. The van der Waals surface area contributed by atoms with Gasteiger partial charge in [0.2, 0.25) is 0 Å². The molecule has 0 unspecified atom stereocenters. The third-order valence-electron chi connectivity index (χ3n) is 5.07. The zero-order valence-corrected chi connectivity index (χ0v) is 13.8. The van der Waals surface area contributed by atoms with Crippen LogP contribution in [0.4, 0.5) is 0 Å². The van der Waals surface area contributed by atoms with Gasteiger partial charge in [-0.2, -0.15) is 0 Å². The predicted molar refractivity (Wildman–Crippen MR) is 88.7 cm³/mol. The molecule has 1 aliphatic rings. The van der Waals surface area contributed by atoms with Gasteiger partial charge in [-0.3, -0.25) is 4.90 Å². The molecule has 1 saturated carbocycles. The lowest BCUT2D eigenvalue weighted by molar-refractivity contribution is 0.0988. The van der Waals surface area contributed by atoms with Gasteiger partial charge in [0, 0.05) is 24.2 Å². The van der Waals surface area contributed by atoms with Gasteiger partial charge in [0.1, 0.15) is 5.75 Å². The molecule has 3 nitrogen and oxygen atoms in total. The molecule has 2 rings (SSSR count). The van der Waals surface area contributed by atoms with Crippen molar-refractivity contribution in [2.24, 2.45) is 5.73 Å². The van der Waals surface area contributed by atoms with Crippen LogP contribution in [0, 0.1) is 6.92 Å². The lowest BCUT2D eigenvalue weighted by atomic mass is 9.88. The van der Waals surface area contributed by atoms with Crippen molar-refractivity contribution in [2.45, 2.75) is 57.5 Å². The van der Waals surface area contributed by atoms with Crippen molar-refractivity contribution in [3.63, 3.8) is 0 Å². The van der Waals surface area contributed by atoms with Gasteiger partial charge < -0.3 is 10.5 Å². The molecule has 0 aliphatic heterocycles. The van der Waals surface area contributed by atoms with Crippen LogP contribution >= 0.6 is 0 Å². The third-order valence-corrected chi connectivity index (χ3v) is 5.07. The van der Waals surface area contributed by atoms with Crippen LogP contribution in [-0.2, 0) is 6.54 Å². The van der Waals surface area contributed by atoms with Gasteiger partial charge in [-0.1, -0.05) is 43.4 Å². The molecule has 1 aliphatic carbocycles. The van der Waals surface area contributed by atoms with Crippen molar-refractivity contribution in [1.82, 2.24) is 4.90 Å². The van der Waals surface area contributed by atoms with Gasteiger partial charge in [0.25, 0.3) is 0 Å². The highest BCUT2D eigenvalue weighted by Gasteiger charge is 2.33. The van der Waals surface area contributed by atoms with E-state index in [1.165, 1.54) is 49.7 Å². The maximum Gasteiger partial charge on any atom is 0.123 e. The summed E-state index contributed by atoms with van der Waals surface area (Å²) in [6, 6.07) is 6.41. The number of hydrogen-bond acceptors (Lipinski definition) is 3. The quantitative estimate of drug-likeness (QED) is 0.844. The standard InChI is InChI=1S/C18H30N2O/c1-15-8-9-17(21-3)16(12-15)13-20(2)18(14-19)10-6-4-5-7-11-18/h8-9,12H,4-7,10-11,13-14,19H2,1-3H3. The number of nitrogens with zero attached hydrogens (tertiary/aromatic N) is 1. The number of hydrogen-bond donors (Lipinski definition) is 1. The van der Waals surface area contributed by atoms with Crippen LogP contribution in [0.5, 0.6) is 5.75 Å². The minimum atomic E-state index is 0.158. The number of ether oxygens (including phenoxy) is 1. The Kier molecular flexibility index (Phi) is 5.65. The van der Waals surface area contributed by atoms with Crippen molar-refractivity contribution in [3.05, 3.63) is 29.3 Å². The highest BCUT2D eigenvalue weighted by molar-refractivity contribution is 5.36. The number of rotatable bonds is 5. The number of benzene rings is 1. The first-order chi connectivity index (χ1) is 10.1. The number of methoxy groups -OCH3 is 1. The van der Waals surface area contributed by atoms with E-state index in [0.717, 1.165) is 18.8 Å². The Morgan fingerprint density at radius 3 is 2.43 bits per heavy atom. The summed E-state index contributed by atoms with van der Waals surface area (Å²) in [4.78, 5) is 2.47. The molecule has 0 amide bonds. The summed E-state index contributed by atoms with van der Waals surface area (Å²) in [7, 11) is 3.97. The number of aryl methyl sites for hydroxylation is 1. The molecule has 0 aromatic heterocycles. The van der Waals surface area contributed by atoms with Gasteiger partial charge in [-0.25, -0.2) is 0 Å². The highest BCUT2D eigenvalue weighted by Crippen LogP contribution is 2.33. The van der Waals surface area contributed by atoms with Gasteiger partial charge in [0.15, 0.2) is 0 Å². The average Bonchev–Trinajstić information content (AvgIpc) is 2.74. The summed E-state index contributed by atoms with van der Waals surface area (Å²) < 4.78 is 5.52. The summed E-state index contributed by atoms with van der Waals surface area (Å²) in [6.07, 6.45) is 7.73. The van der Waals surface area contributed by atoms with E-state index in [2.05, 4.69) is 37.1 Å². The fourth-order valence-corrected chi connectivity index (χ4v) is 3.58. The molecule has 0 radical (unpaired) electrons. The van der Waals surface area contributed by atoms with E-state index >= 15 is 0 Å². The largest absolute Gasteiger partial charge is 0.496 e. The van der Waals surface area contributed by atoms with E-state index in [1.807, 2.05) is 0 Å². The normalized spacial score (nSPS) is 18.5. The second-order valence-corrected chi connectivity index (χ2v) is 6.51. The fourth-order valence-electron chi connectivity index (χ4n) is 3.58. The predicted octanol–water partition coefficient (Wildman–Crippen LogP) is 3.49. The molecule has 1 aromatic rings. The monoisotopic (exact) mass is 290 g/mol. The molecular formula is C18H30N2O. The summed E-state index contributed by atoms with van der Waals surface area (Å²) in [5, 5.41) is 0. The van der Waals surface area contributed by atoms with E-state index in [0.29, 0.717) is 0 Å². The first-order valence-electron chi connectivity index (χ1n) is 8.16. The molecule has 0 heterocycles. The first-order valence-corrected chi connectivity index (χ1v) is 8.16. The van der Waals surface area contributed by atoms with E-state index in [4.69, 9.17) is 10.5 Å². The summed E-state index contributed by atoms with van der Waals surface area (Å²) >= 11 is 0. The molecule has 21 heavy (non-hydrogen) atoms. The van der Waals surface area contributed by atoms with E-state index in [-0.39, 0.29) is 5.54 Å². The maximum absolute atomic E-state index is 6.19. The van der Waals surface area contributed by atoms with E-state index in [9.17, 15) is 0 Å². The van der Waals surface area contributed by atoms with Gasteiger partial charge in [0.05, 0.1) is 7.11 Å².